The van der Waals surface area contributed by atoms with Crippen molar-refractivity contribution in [3.05, 3.63) is 0 Å². The first-order chi connectivity index (χ1) is 9.42. The van der Waals surface area contributed by atoms with Crippen LogP contribution in [-0.4, -0.2) is 68.2 Å². The first-order valence-corrected chi connectivity index (χ1v) is 6.69. The van der Waals surface area contributed by atoms with Gasteiger partial charge in [-0.1, -0.05) is 13.3 Å². The highest BCUT2D eigenvalue weighted by molar-refractivity contribution is 5.85. The summed E-state index contributed by atoms with van der Waals surface area (Å²) in [5, 5.41) is 0. The van der Waals surface area contributed by atoms with E-state index in [1.165, 1.54) is 23.9 Å². The smallest absolute Gasteiger partial charge is 0.409 e. The van der Waals surface area contributed by atoms with Gasteiger partial charge in [-0.15, -0.1) is 0 Å². The molecule has 0 N–H and O–H groups in total. The number of carbonyl (C=O) groups is 3. The Bertz CT molecular complexity index is 333. The van der Waals surface area contributed by atoms with Crippen LogP contribution in [0.3, 0.4) is 0 Å². The zero-order valence-corrected chi connectivity index (χ0v) is 12.7. The minimum atomic E-state index is -0.545. The van der Waals surface area contributed by atoms with Crippen molar-refractivity contribution in [1.82, 2.24) is 9.80 Å². The lowest BCUT2D eigenvalue weighted by Gasteiger charge is -2.21. The van der Waals surface area contributed by atoms with Gasteiger partial charge in [0.15, 0.2) is 0 Å². The number of nitrogens with zero attached hydrogens (tertiary/aromatic N) is 2. The largest absolute Gasteiger partial charge is 0.465 e. The van der Waals surface area contributed by atoms with Gasteiger partial charge in [-0.25, -0.2) is 4.79 Å². The highest BCUT2D eigenvalue weighted by atomic mass is 16.6. The summed E-state index contributed by atoms with van der Waals surface area (Å²) in [4.78, 5) is 37.0. The molecule has 0 saturated heterocycles. The second kappa shape index (κ2) is 10.1. The van der Waals surface area contributed by atoms with E-state index in [0.717, 1.165) is 12.8 Å². The van der Waals surface area contributed by atoms with Gasteiger partial charge in [0.05, 0.1) is 13.2 Å². The number of hydrogen-bond acceptors (Lipinski definition) is 5. The molecule has 0 aromatic rings. The van der Waals surface area contributed by atoms with Crippen molar-refractivity contribution in [2.45, 2.75) is 26.7 Å². The molecular formula is C13H24N2O5. The highest BCUT2D eigenvalue weighted by Gasteiger charge is 2.18. The van der Waals surface area contributed by atoms with Crippen molar-refractivity contribution in [2.24, 2.45) is 0 Å². The van der Waals surface area contributed by atoms with Crippen LogP contribution in [0.4, 0.5) is 4.79 Å². The van der Waals surface area contributed by atoms with Crippen LogP contribution in [0.15, 0.2) is 0 Å². The van der Waals surface area contributed by atoms with Crippen molar-refractivity contribution in [3.8, 4) is 0 Å². The van der Waals surface area contributed by atoms with Crippen LogP contribution in [0.2, 0.25) is 0 Å². The molecule has 0 aliphatic heterocycles. The lowest BCUT2D eigenvalue weighted by atomic mass is 10.4. The fraction of sp³-hybridized carbons (Fsp3) is 0.769. The Balaban J connectivity index is 4.10. The van der Waals surface area contributed by atoms with E-state index >= 15 is 0 Å². The number of carbonyl (C=O) groups excluding carboxylic acids is 3. The third-order valence-corrected chi connectivity index (χ3v) is 2.50. The van der Waals surface area contributed by atoms with Gasteiger partial charge >= 0.3 is 12.1 Å². The fourth-order valence-corrected chi connectivity index (χ4v) is 1.29. The molecule has 0 rings (SSSR count). The number of rotatable bonds is 8. The van der Waals surface area contributed by atoms with Crippen LogP contribution in [0.25, 0.3) is 0 Å². The highest BCUT2D eigenvalue weighted by Crippen LogP contribution is 1.96. The maximum Gasteiger partial charge on any atom is 0.409 e. The molecule has 116 valence electrons. The predicted molar refractivity (Wildman–Crippen MR) is 73.2 cm³/mol. The summed E-state index contributed by atoms with van der Waals surface area (Å²) in [6.07, 6.45) is 1.17. The molecule has 0 bridgehead atoms. The number of unbranched alkanes of at least 4 members (excludes halogenated alkanes) is 1. The number of hydrogen-bond donors (Lipinski definition) is 0. The van der Waals surface area contributed by atoms with Gasteiger partial charge in [0.2, 0.25) is 5.91 Å². The molecule has 0 spiro atoms. The van der Waals surface area contributed by atoms with Crippen LogP contribution in [0.5, 0.6) is 0 Å². The molecule has 0 aliphatic rings. The lowest BCUT2D eigenvalue weighted by Crippen LogP contribution is -2.41. The van der Waals surface area contributed by atoms with Gasteiger partial charge in [-0.3, -0.25) is 9.59 Å². The van der Waals surface area contributed by atoms with Gasteiger partial charge < -0.3 is 19.3 Å². The molecule has 0 aromatic carbocycles. The molecule has 7 nitrogen and oxygen atoms in total. The van der Waals surface area contributed by atoms with Crippen LogP contribution < -0.4 is 0 Å². The maximum atomic E-state index is 11.8. The van der Waals surface area contributed by atoms with E-state index in [-0.39, 0.29) is 25.6 Å². The molecular weight excluding hydrogens is 264 g/mol. The number of ether oxygens (including phenoxy) is 2. The van der Waals surface area contributed by atoms with Crippen molar-refractivity contribution in [2.75, 3.05) is 40.4 Å². The molecule has 0 heterocycles. The lowest BCUT2D eigenvalue weighted by molar-refractivity contribution is -0.148. The van der Waals surface area contributed by atoms with E-state index in [0.29, 0.717) is 6.61 Å². The second-order valence-electron chi connectivity index (χ2n) is 4.38. The monoisotopic (exact) mass is 288 g/mol. The second-order valence-corrected chi connectivity index (χ2v) is 4.38. The van der Waals surface area contributed by atoms with E-state index in [1.54, 1.807) is 6.92 Å². The normalized spacial score (nSPS) is 9.80. The van der Waals surface area contributed by atoms with Crippen molar-refractivity contribution < 1.29 is 23.9 Å². The Morgan fingerprint density at radius 3 is 2.15 bits per heavy atom. The summed E-state index contributed by atoms with van der Waals surface area (Å²) in [6.45, 7) is 4.02. The fourth-order valence-electron chi connectivity index (χ4n) is 1.29. The molecule has 0 atom stereocenters. The van der Waals surface area contributed by atoms with Crippen molar-refractivity contribution >= 4 is 18.0 Å². The molecule has 20 heavy (non-hydrogen) atoms. The quantitative estimate of drug-likeness (QED) is 0.489. The van der Waals surface area contributed by atoms with E-state index in [1.807, 2.05) is 6.92 Å². The Hall–Kier alpha value is -1.79. The predicted octanol–water partition coefficient (Wildman–Crippen LogP) is 0.876. The average molecular weight is 288 g/mol. The maximum absolute atomic E-state index is 11.8. The first-order valence-electron chi connectivity index (χ1n) is 6.69. The van der Waals surface area contributed by atoms with Crippen LogP contribution in [0, 0.1) is 0 Å². The van der Waals surface area contributed by atoms with Gasteiger partial charge in [0.25, 0.3) is 0 Å². The van der Waals surface area contributed by atoms with Gasteiger partial charge in [-0.2, -0.15) is 0 Å². The number of amides is 2. The van der Waals surface area contributed by atoms with Gasteiger partial charge in [0.1, 0.15) is 13.1 Å². The van der Waals surface area contributed by atoms with Crippen LogP contribution in [0.1, 0.15) is 26.7 Å². The Morgan fingerprint density at radius 2 is 1.60 bits per heavy atom. The number of likely N-dealkylation sites (N-methyl/N-ethyl adjacent to an activating group) is 2. The first kappa shape index (κ1) is 18.2. The standard InChI is InChI=1S/C13H24N2O5/c1-5-7-8-20-13(18)15(4)9-11(16)14(3)10-12(17)19-6-2/h5-10H2,1-4H3. The third-order valence-electron chi connectivity index (χ3n) is 2.50. The minimum absolute atomic E-state index is 0.134. The summed E-state index contributed by atoms with van der Waals surface area (Å²) in [5.41, 5.74) is 0. The Labute approximate surface area is 119 Å². The summed E-state index contributed by atoms with van der Waals surface area (Å²) < 4.78 is 9.71. The van der Waals surface area contributed by atoms with Gasteiger partial charge in [0, 0.05) is 14.1 Å². The molecule has 0 fully saturated rings. The molecule has 2 amide bonds. The Kier molecular flexibility index (Phi) is 9.15. The van der Waals surface area contributed by atoms with Crippen molar-refractivity contribution in [1.29, 1.82) is 0 Å². The topological polar surface area (TPSA) is 76.2 Å². The number of esters is 1. The average Bonchev–Trinajstić information content (AvgIpc) is 2.38. The summed E-state index contributed by atoms with van der Waals surface area (Å²) >= 11 is 0. The van der Waals surface area contributed by atoms with Crippen LogP contribution in [-0.2, 0) is 19.1 Å². The van der Waals surface area contributed by atoms with E-state index in [4.69, 9.17) is 9.47 Å². The van der Waals surface area contributed by atoms with Crippen molar-refractivity contribution in [3.63, 3.8) is 0 Å². The SMILES string of the molecule is CCCCOC(=O)N(C)CC(=O)N(C)CC(=O)OCC. The van der Waals surface area contributed by atoms with E-state index in [2.05, 4.69) is 0 Å². The Morgan fingerprint density at radius 1 is 0.950 bits per heavy atom. The van der Waals surface area contributed by atoms with E-state index < -0.39 is 12.1 Å². The molecule has 0 radical (unpaired) electrons. The summed E-state index contributed by atoms with van der Waals surface area (Å²) in [7, 11) is 2.96. The minimum Gasteiger partial charge on any atom is -0.465 e. The molecule has 7 heteroatoms. The molecule has 0 saturated carbocycles. The summed E-state index contributed by atoms with van der Waals surface area (Å²) in [5.74, 6) is -0.829. The summed E-state index contributed by atoms with van der Waals surface area (Å²) in [6, 6.07) is 0. The van der Waals surface area contributed by atoms with Gasteiger partial charge in [-0.05, 0) is 13.3 Å². The zero-order chi connectivity index (χ0) is 15.5. The third kappa shape index (κ3) is 7.60. The molecule has 0 aliphatic carbocycles. The molecule has 0 aromatic heterocycles. The molecule has 0 unspecified atom stereocenters. The van der Waals surface area contributed by atoms with E-state index in [9.17, 15) is 14.4 Å². The van der Waals surface area contributed by atoms with Crippen LogP contribution >= 0.6 is 0 Å². The zero-order valence-electron chi connectivity index (χ0n) is 12.7.